The normalized spacial score (nSPS) is 19.6. The number of halogens is 1. The van der Waals surface area contributed by atoms with Crippen LogP contribution < -0.4 is 0 Å². The Hall–Kier alpha value is -1.12. The van der Waals surface area contributed by atoms with E-state index < -0.39 is 0 Å². The first-order valence-corrected chi connectivity index (χ1v) is 5.29. The lowest BCUT2D eigenvalue weighted by atomic mass is 10.0. The lowest BCUT2D eigenvalue weighted by molar-refractivity contribution is 0.553. The summed E-state index contributed by atoms with van der Waals surface area (Å²) in [7, 11) is 0. The van der Waals surface area contributed by atoms with Crippen LogP contribution in [0.4, 0.5) is 4.39 Å². The molecule has 1 aromatic carbocycles. The van der Waals surface area contributed by atoms with Crippen LogP contribution in [0.25, 0.3) is 0 Å². The first-order chi connectivity index (χ1) is 6.81. The van der Waals surface area contributed by atoms with Gasteiger partial charge in [0.25, 0.3) is 0 Å². The number of hydrogen-bond donors (Lipinski definition) is 0. The van der Waals surface area contributed by atoms with Gasteiger partial charge < -0.3 is 0 Å². The lowest BCUT2D eigenvalue weighted by Crippen LogP contribution is -2.05. The van der Waals surface area contributed by atoms with Crippen molar-refractivity contribution >= 4 is 17.8 Å². The minimum atomic E-state index is -0.280. The van der Waals surface area contributed by atoms with Crippen LogP contribution in [0.5, 0.6) is 0 Å². The fourth-order valence-corrected chi connectivity index (χ4v) is 2.63. The Bertz CT molecular complexity index is 401. The first-order valence-electron chi connectivity index (χ1n) is 4.30. The van der Waals surface area contributed by atoms with Crippen LogP contribution in [0.15, 0.2) is 28.1 Å². The van der Waals surface area contributed by atoms with E-state index in [1.54, 1.807) is 23.9 Å². The second-order valence-electron chi connectivity index (χ2n) is 3.06. The van der Waals surface area contributed by atoms with E-state index in [0.29, 0.717) is 0 Å². The van der Waals surface area contributed by atoms with Crippen LogP contribution in [0, 0.1) is 5.82 Å². The van der Waals surface area contributed by atoms with E-state index in [2.05, 4.69) is 4.99 Å². The SMILES string of the molecule is O=C=NC1CCSc2ccc(F)cc21. The van der Waals surface area contributed by atoms with Crippen molar-refractivity contribution in [1.82, 2.24) is 0 Å². The molecule has 0 spiro atoms. The zero-order valence-electron chi connectivity index (χ0n) is 7.37. The largest absolute Gasteiger partial charge is 0.235 e. The summed E-state index contributed by atoms with van der Waals surface area (Å²) in [5.41, 5.74) is 0.810. The Morgan fingerprint density at radius 3 is 3.21 bits per heavy atom. The second-order valence-corrected chi connectivity index (χ2v) is 4.19. The van der Waals surface area contributed by atoms with Crippen LogP contribution >= 0.6 is 11.8 Å². The van der Waals surface area contributed by atoms with Crippen LogP contribution in [0.2, 0.25) is 0 Å². The zero-order valence-corrected chi connectivity index (χ0v) is 8.18. The molecule has 0 N–H and O–H groups in total. The molecule has 0 saturated carbocycles. The summed E-state index contributed by atoms with van der Waals surface area (Å²) in [6, 6.07) is 4.41. The molecule has 2 nitrogen and oxygen atoms in total. The predicted octanol–water partition coefficient (Wildman–Crippen LogP) is 2.70. The molecular weight excluding hydrogens is 201 g/mol. The van der Waals surface area contributed by atoms with E-state index in [0.717, 1.165) is 22.6 Å². The molecule has 0 saturated heterocycles. The summed E-state index contributed by atoms with van der Waals surface area (Å²) in [6.45, 7) is 0. The number of benzene rings is 1. The van der Waals surface area contributed by atoms with Gasteiger partial charge in [-0.05, 0) is 30.2 Å². The molecule has 14 heavy (non-hydrogen) atoms. The third-order valence-electron chi connectivity index (χ3n) is 2.19. The van der Waals surface area contributed by atoms with E-state index in [-0.39, 0.29) is 11.9 Å². The van der Waals surface area contributed by atoms with Gasteiger partial charge >= 0.3 is 0 Å². The molecule has 0 fully saturated rings. The van der Waals surface area contributed by atoms with E-state index in [4.69, 9.17) is 0 Å². The Kier molecular flexibility index (Phi) is 2.66. The lowest BCUT2D eigenvalue weighted by Gasteiger charge is -2.20. The van der Waals surface area contributed by atoms with Crippen LogP contribution in [-0.2, 0) is 4.79 Å². The minimum absolute atomic E-state index is 0.209. The van der Waals surface area contributed by atoms with E-state index >= 15 is 0 Å². The van der Waals surface area contributed by atoms with Crippen molar-refractivity contribution in [2.75, 3.05) is 5.75 Å². The van der Waals surface area contributed by atoms with E-state index in [9.17, 15) is 9.18 Å². The van der Waals surface area contributed by atoms with Gasteiger partial charge in [0.2, 0.25) is 6.08 Å². The molecule has 1 unspecified atom stereocenters. The van der Waals surface area contributed by atoms with Crippen molar-refractivity contribution in [2.24, 2.45) is 4.99 Å². The van der Waals surface area contributed by atoms with E-state index in [1.807, 2.05) is 0 Å². The number of isocyanates is 1. The molecule has 0 aromatic heterocycles. The number of aliphatic imine (C=N–C) groups is 1. The second kappa shape index (κ2) is 3.95. The van der Waals surface area contributed by atoms with Gasteiger partial charge in [0.15, 0.2) is 0 Å². The van der Waals surface area contributed by atoms with Crippen molar-refractivity contribution in [2.45, 2.75) is 17.4 Å². The van der Waals surface area contributed by atoms with Crippen molar-refractivity contribution in [3.63, 3.8) is 0 Å². The third kappa shape index (κ3) is 1.72. The summed E-state index contributed by atoms with van der Waals surface area (Å²) in [5, 5.41) is 0. The summed E-state index contributed by atoms with van der Waals surface area (Å²) in [5.74, 6) is 0.631. The molecule has 2 rings (SSSR count). The summed E-state index contributed by atoms with van der Waals surface area (Å²) in [4.78, 5) is 14.9. The molecule has 1 aliphatic rings. The van der Waals surface area contributed by atoms with Gasteiger partial charge in [0, 0.05) is 10.6 Å². The van der Waals surface area contributed by atoms with Crippen molar-refractivity contribution < 1.29 is 9.18 Å². The first kappa shape index (κ1) is 9.44. The average molecular weight is 209 g/mol. The molecule has 4 heteroatoms. The quantitative estimate of drug-likeness (QED) is 0.525. The fourth-order valence-electron chi connectivity index (χ4n) is 1.54. The molecule has 1 heterocycles. The number of carbonyl (C=O) groups excluding carboxylic acids is 1. The highest BCUT2D eigenvalue weighted by molar-refractivity contribution is 7.99. The molecule has 1 aliphatic heterocycles. The molecule has 0 bridgehead atoms. The smallest absolute Gasteiger partial charge is 0.211 e. The van der Waals surface area contributed by atoms with Crippen LogP contribution in [-0.4, -0.2) is 11.8 Å². The van der Waals surface area contributed by atoms with Gasteiger partial charge in [-0.1, -0.05) is 0 Å². The highest BCUT2D eigenvalue weighted by atomic mass is 32.2. The predicted molar refractivity (Wildman–Crippen MR) is 52.6 cm³/mol. The summed E-state index contributed by atoms with van der Waals surface area (Å²) >= 11 is 1.67. The number of thioether (sulfide) groups is 1. The Balaban J connectivity index is 2.46. The highest BCUT2D eigenvalue weighted by Crippen LogP contribution is 2.38. The summed E-state index contributed by atoms with van der Waals surface area (Å²) < 4.78 is 13.0. The van der Waals surface area contributed by atoms with Gasteiger partial charge in [-0.2, -0.15) is 4.99 Å². The van der Waals surface area contributed by atoms with Gasteiger partial charge in [-0.25, -0.2) is 9.18 Å². The fraction of sp³-hybridized carbons (Fsp3) is 0.300. The highest BCUT2D eigenvalue weighted by Gasteiger charge is 2.20. The Labute approximate surface area is 85.2 Å². The molecule has 1 atom stereocenters. The van der Waals surface area contributed by atoms with Gasteiger partial charge in [-0.3, -0.25) is 0 Å². The van der Waals surface area contributed by atoms with Gasteiger partial charge in [-0.15, -0.1) is 11.8 Å². The van der Waals surface area contributed by atoms with Crippen molar-refractivity contribution in [3.8, 4) is 0 Å². The Morgan fingerprint density at radius 2 is 2.43 bits per heavy atom. The minimum Gasteiger partial charge on any atom is -0.211 e. The monoisotopic (exact) mass is 209 g/mol. The number of nitrogens with zero attached hydrogens (tertiary/aromatic N) is 1. The average Bonchev–Trinajstić information content (AvgIpc) is 2.19. The van der Waals surface area contributed by atoms with Crippen molar-refractivity contribution in [1.29, 1.82) is 0 Å². The van der Waals surface area contributed by atoms with Gasteiger partial charge in [0.05, 0.1) is 6.04 Å². The molecule has 0 radical (unpaired) electrons. The maximum Gasteiger partial charge on any atom is 0.235 e. The van der Waals surface area contributed by atoms with Crippen LogP contribution in [0.3, 0.4) is 0 Å². The summed E-state index contributed by atoms with van der Waals surface area (Å²) in [6.07, 6.45) is 2.32. The maximum absolute atomic E-state index is 13.0. The zero-order chi connectivity index (χ0) is 9.97. The van der Waals surface area contributed by atoms with E-state index in [1.165, 1.54) is 12.1 Å². The Morgan fingerprint density at radius 1 is 1.57 bits per heavy atom. The molecular formula is C10H8FNOS. The molecule has 72 valence electrons. The van der Waals surface area contributed by atoms with Crippen LogP contribution in [0.1, 0.15) is 18.0 Å². The topological polar surface area (TPSA) is 29.4 Å². The standard InChI is InChI=1S/C10H8FNOS/c11-7-1-2-10-8(5-7)9(12-6-13)3-4-14-10/h1-2,5,9H,3-4H2. The molecule has 0 amide bonds. The molecule has 0 aliphatic carbocycles. The number of hydrogen-bond acceptors (Lipinski definition) is 3. The van der Waals surface area contributed by atoms with Crippen molar-refractivity contribution in [3.05, 3.63) is 29.6 Å². The number of rotatable bonds is 1. The maximum atomic E-state index is 13.0. The third-order valence-corrected chi connectivity index (χ3v) is 3.31. The molecule has 1 aromatic rings. The number of fused-ring (bicyclic) bond motifs is 1. The van der Waals surface area contributed by atoms with Gasteiger partial charge in [0.1, 0.15) is 5.82 Å².